The lowest BCUT2D eigenvalue weighted by molar-refractivity contribution is 0.668. The first-order valence-electron chi connectivity index (χ1n) is 21.8. The molecular weight excluding hydrogens is 797 g/mol. The molecule has 0 amide bonds. The van der Waals surface area contributed by atoms with Gasteiger partial charge in [0.25, 0.3) is 0 Å². The summed E-state index contributed by atoms with van der Waals surface area (Å²) in [5, 5.41) is 11.2. The van der Waals surface area contributed by atoms with Gasteiger partial charge in [-0.1, -0.05) is 152 Å². The minimum Gasteiger partial charge on any atom is -0.456 e. The molecule has 0 saturated carbocycles. The van der Waals surface area contributed by atoms with Crippen molar-refractivity contribution >= 4 is 87.2 Å². The second kappa shape index (κ2) is 13.8. The minimum absolute atomic E-state index is 0.530. The van der Waals surface area contributed by atoms with Crippen LogP contribution in [0.4, 0.5) is 0 Å². The van der Waals surface area contributed by atoms with Crippen molar-refractivity contribution in [3.63, 3.8) is 0 Å². The normalized spacial score (nSPS) is 12.0. The predicted molar refractivity (Wildman–Crippen MR) is 265 cm³/mol. The van der Waals surface area contributed by atoms with Gasteiger partial charge in [-0.3, -0.25) is 0 Å². The molecule has 0 fully saturated rings. The first-order valence-corrected chi connectivity index (χ1v) is 21.8. The van der Waals surface area contributed by atoms with Crippen LogP contribution < -0.4 is 0 Å². The maximum absolute atomic E-state index is 6.93. The summed E-state index contributed by atoms with van der Waals surface area (Å²) in [4.78, 5) is 15.6. The smallest absolute Gasteiger partial charge is 0.167 e. The molecule has 0 radical (unpaired) electrons. The number of fused-ring (bicyclic) bond motifs is 11. The Hall–Kier alpha value is -8.87. The first kappa shape index (κ1) is 35.7. The number of para-hydroxylation sites is 2. The molecule has 6 nitrogen and oxygen atoms in total. The van der Waals surface area contributed by atoms with E-state index in [1.165, 1.54) is 32.3 Å². The van der Waals surface area contributed by atoms with Crippen molar-refractivity contribution in [1.82, 2.24) is 19.5 Å². The van der Waals surface area contributed by atoms with Gasteiger partial charge in [0.2, 0.25) is 0 Å². The van der Waals surface area contributed by atoms with Gasteiger partial charge in [0.05, 0.1) is 22.3 Å². The number of furan rings is 2. The Morgan fingerprint density at radius 2 is 0.862 bits per heavy atom. The second-order valence-electron chi connectivity index (χ2n) is 16.7. The highest BCUT2D eigenvalue weighted by Gasteiger charge is 2.24. The topological polar surface area (TPSA) is 69.9 Å². The summed E-state index contributed by atoms with van der Waals surface area (Å²) in [6.45, 7) is 0. The van der Waals surface area contributed by atoms with E-state index in [0.717, 1.165) is 88.4 Å². The fourth-order valence-electron chi connectivity index (χ4n) is 9.99. The Balaban J connectivity index is 1.05. The standard InChI is InChI=1S/C59H34N4O2/c1-3-15-35(16-4-1)45-33-48-54(34-51(45)63-49-31-39-21-9-7-19-37(39)29-46(49)47-30-38-20-8-10-22-40(38)32-50(47)63)64-53-28-14-25-43(55(48)53)58-60-57(36-17-5-2-6-18-36)61-59(62-58)44-26-13-24-42-41-23-11-12-27-52(41)65-56(42)44/h1-34H. The summed E-state index contributed by atoms with van der Waals surface area (Å²) >= 11 is 0. The monoisotopic (exact) mass is 830 g/mol. The molecule has 0 aliphatic carbocycles. The van der Waals surface area contributed by atoms with Crippen LogP contribution in [0.1, 0.15) is 0 Å². The van der Waals surface area contributed by atoms with Crippen molar-refractivity contribution in [3.8, 4) is 51.0 Å². The van der Waals surface area contributed by atoms with Gasteiger partial charge in [-0.25, -0.2) is 15.0 Å². The summed E-state index contributed by atoms with van der Waals surface area (Å²) in [6, 6.07) is 72.3. The highest BCUT2D eigenvalue weighted by atomic mass is 16.3. The molecule has 0 spiro atoms. The molecule has 0 aliphatic heterocycles. The molecule has 65 heavy (non-hydrogen) atoms. The predicted octanol–water partition coefficient (Wildman–Crippen LogP) is 15.7. The maximum atomic E-state index is 6.93. The molecule has 4 heterocycles. The Morgan fingerprint density at radius 3 is 1.57 bits per heavy atom. The van der Waals surface area contributed by atoms with Crippen LogP contribution >= 0.6 is 0 Å². The van der Waals surface area contributed by atoms with E-state index in [9.17, 15) is 0 Å². The number of hydrogen-bond donors (Lipinski definition) is 0. The van der Waals surface area contributed by atoms with E-state index in [0.29, 0.717) is 17.5 Å². The van der Waals surface area contributed by atoms with Crippen LogP contribution in [0.3, 0.4) is 0 Å². The van der Waals surface area contributed by atoms with Gasteiger partial charge in [0.15, 0.2) is 17.5 Å². The Kier molecular flexibility index (Phi) is 7.59. The van der Waals surface area contributed by atoms with Crippen molar-refractivity contribution in [2.45, 2.75) is 0 Å². The number of nitrogens with zero attached hydrogens (tertiary/aromatic N) is 4. The molecule has 0 unspecified atom stereocenters. The number of benzene rings is 10. The third-order valence-electron chi connectivity index (χ3n) is 13.0. The third kappa shape index (κ3) is 5.51. The fourth-order valence-corrected chi connectivity index (χ4v) is 9.99. The van der Waals surface area contributed by atoms with Crippen molar-refractivity contribution in [2.75, 3.05) is 0 Å². The molecular formula is C59H34N4O2. The van der Waals surface area contributed by atoms with Crippen molar-refractivity contribution in [1.29, 1.82) is 0 Å². The fraction of sp³-hybridized carbons (Fsp3) is 0. The SMILES string of the molecule is c1ccc(-c2nc(-c3cccc4c3oc3ccccc34)nc(-c3cccc4oc5cc(-n6c7cc8ccccc8cc7c7cc8ccccc8cc76)c(-c6ccccc6)cc5c34)n2)cc1. The molecule has 302 valence electrons. The van der Waals surface area contributed by atoms with E-state index in [4.69, 9.17) is 23.8 Å². The highest BCUT2D eigenvalue weighted by molar-refractivity contribution is 6.19. The summed E-state index contributed by atoms with van der Waals surface area (Å²) < 4.78 is 15.9. The average molecular weight is 831 g/mol. The third-order valence-corrected chi connectivity index (χ3v) is 13.0. The average Bonchev–Trinajstić information content (AvgIpc) is 4.03. The molecule has 0 bridgehead atoms. The van der Waals surface area contributed by atoms with Gasteiger partial charge in [-0.2, -0.15) is 0 Å². The van der Waals surface area contributed by atoms with E-state index in [1.807, 2.05) is 72.8 Å². The van der Waals surface area contributed by atoms with Crippen LogP contribution in [0.2, 0.25) is 0 Å². The summed E-state index contributed by atoms with van der Waals surface area (Å²) in [5.74, 6) is 1.64. The van der Waals surface area contributed by atoms with Gasteiger partial charge in [-0.15, -0.1) is 0 Å². The lowest BCUT2D eigenvalue weighted by Crippen LogP contribution is -2.00. The van der Waals surface area contributed by atoms with E-state index in [1.54, 1.807) is 0 Å². The first-order chi connectivity index (χ1) is 32.2. The molecule has 14 rings (SSSR count). The molecule has 14 aromatic rings. The van der Waals surface area contributed by atoms with Gasteiger partial charge < -0.3 is 13.4 Å². The van der Waals surface area contributed by atoms with Gasteiger partial charge >= 0.3 is 0 Å². The van der Waals surface area contributed by atoms with Crippen LogP contribution in [0.25, 0.3) is 138 Å². The van der Waals surface area contributed by atoms with Crippen molar-refractivity contribution < 1.29 is 8.83 Å². The van der Waals surface area contributed by atoms with E-state index >= 15 is 0 Å². The number of hydrogen-bond acceptors (Lipinski definition) is 5. The number of aromatic nitrogens is 4. The zero-order chi connectivity index (χ0) is 42.6. The van der Waals surface area contributed by atoms with Crippen LogP contribution in [0, 0.1) is 0 Å². The lowest BCUT2D eigenvalue weighted by atomic mass is 9.98. The van der Waals surface area contributed by atoms with Gasteiger partial charge in [0, 0.05) is 55.1 Å². The van der Waals surface area contributed by atoms with Gasteiger partial charge in [-0.05, 0) is 75.6 Å². The quantitative estimate of drug-likeness (QED) is 0.173. The van der Waals surface area contributed by atoms with Crippen LogP contribution in [0.5, 0.6) is 0 Å². The molecule has 0 saturated heterocycles. The van der Waals surface area contributed by atoms with E-state index in [-0.39, 0.29) is 0 Å². The van der Waals surface area contributed by atoms with Crippen LogP contribution in [-0.4, -0.2) is 19.5 Å². The van der Waals surface area contributed by atoms with Crippen LogP contribution in [0.15, 0.2) is 215 Å². The zero-order valence-corrected chi connectivity index (χ0v) is 34.7. The van der Waals surface area contributed by atoms with Crippen LogP contribution in [-0.2, 0) is 0 Å². The highest BCUT2D eigenvalue weighted by Crippen LogP contribution is 2.45. The Labute approximate surface area is 371 Å². The minimum atomic E-state index is 0.530. The zero-order valence-electron chi connectivity index (χ0n) is 34.7. The summed E-state index contributed by atoms with van der Waals surface area (Å²) in [5.41, 5.74) is 11.1. The Bertz CT molecular complexity index is 4150. The molecule has 4 aromatic heterocycles. The lowest BCUT2D eigenvalue weighted by Gasteiger charge is -2.15. The largest absolute Gasteiger partial charge is 0.456 e. The van der Waals surface area contributed by atoms with E-state index < -0.39 is 0 Å². The van der Waals surface area contributed by atoms with Crippen molar-refractivity contribution in [2.24, 2.45) is 0 Å². The van der Waals surface area contributed by atoms with Gasteiger partial charge in [0.1, 0.15) is 22.3 Å². The summed E-state index contributed by atoms with van der Waals surface area (Å²) in [7, 11) is 0. The van der Waals surface area contributed by atoms with E-state index in [2.05, 4.69) is 138 Å². The van der Waals surface area contributed by atoms with Crippen molar-refractivity contribution in [3.05, 3.63) is 206 Å². The summed E-state index contributed by atoms with van der Waals surface area (Å²) in [6.07, 6.45) is 0. The molecule has 0 aliphatic rings. The molecule has 0 atom stereocenters. The molecule has 10 aromatic carbocycles. The second-order valence-corrected chi connectivity index (χ2v) is 16.7. The molecule has 6 heteroatoms. The Morgan fingerprint density at radius 1 is 0.323 bits per heavy atom. The number of rotatable bonds is 5. The maximum Gasteiger partial charge on any atom is 0.167 e. The molecule has 0 N–H and O–H groups in total.